The van der Waals surface area contributed by atoms with Gasteiger partial charge >= 0.3 is 35.5 Å². The van der Waals surface area contributed by atoms with E-state index >= 15 is 0 Å². The quantitative estimate of drug-likeness (QED) is 0.597. The Morgan fingerprint density at radius 3 is 2.39 bits per heavy atom. The standard InChI is InChI=1S/C12H11NO4.Na.H/c1-7(14)17-12-10(15)8-5-3-4-6-9(8)11(16)13(12)2;;/h3-6,15H,1-2H3;;. The first kappa shape index (κ1) is 14.8. The van der Waals surface area contributed by atoms with E-state index in [0.717, 1.165) is 4.57 Å². The number of nitrogens with zero attached hydrogens (tertiary/aromatic N) is 1. The monoisotopic (exact) mass is 257 g/mol. The van der Waals surface area contributed by atoms with Crippen LogP contribution in [0, 0.1) is 0 Å². The number of pyridine rings is 1. The first-order chi connectivity index (χ1) is 8.02. The van der Waals surface area contributed by atoms with Crippen molar-refractivity contribution >= 4 is 46.3 Å². The van der Waals surface area contributed by atoms with Crippen molar-refractivity contribution in [1.29, 1.82) is 0 Å². The van der Waals surface area contributed by atoms with E-state index in [1.165, 1.54) is 14.0 Å². The number of carbonyl (C=O) groups is 1. The third kappa shape index (κ3) is 2.43. The topological polar surface area (TPSA) is 68.5 Å². The number of ether oxygens (including phenoxy) is 1. The van der Waals surface area contributed by atoms with E-state index in [0.29, 0.717) is 10.8 Å². The van der Waals surface area contributed by atoms with E-state index in [2.05, 4.69) is 0 Å². The molecule has 0 bridgehead atoms. The van der Waals surface area contributed by atoms with Gasteiger partial charge in [-0.3, -0.25) is 14.2 Å². The van der Waals surface area contributed by atoms with Gasteiger partial charge in [0.15, 0.2) is 5.75 Å². The van der Waals surface area contributed by atoms with Gasteiger partial charge in [0.2, 0.25) is 5.88 Å². The van der Waals surface area contributed by atoms with Crippen LogP contribution in [0.25, 0.3) is 10.8 Å². The molecule has 6 heteroatoms. The summed E-state index contributed by atoms with van der Waals surface area (Å²) >= 11 is 0. The summed E-state index contributed by atoms with van der Waals surface area (Å²) in [6, 6.07) is 6.60. The Labute approximate surface area is 125 Å². The Hall–Kier alpha value is -1.30. The van der Waals surface area contributed by atoms with Gasteiger partial charge in [-0.15, -0.1) is 0 Å². The van der Waals surface area contributed by atoms with Crippen molar-refractivity contribution < 1.29 is 14.6 Å². The molecule has 0 aliphatic rings. The van der Waals surface area contributed by atoms with Crippen molar-refractivity contribution in [2.24, 2.45) is 7.05 Å². The minimum atomic E-state index is -0.592. The molecule has 18 heavy (non-hydrogen) atoms. The molecule has 0 fully saturated rings. The van der Waals surface area contributed by atoms with Gasteiger partial charge in [-0.1, -0.05) is 18.2 Å². The molecule has 5 nitrogen and oxygen atoms in total. The third-order valence-electron chi connectivity index (χ3n) is 2.46. The normalized spacial score (nSPS) is 9.89. The minimum absolute atomic E-state index is 0. The van der Waals surface area contributed by atoms with Crippen molar-refractivity contribution in [3.63, 3.8) is 0 Å². The average molecular weight is 257 g/mol. The van der Waals surface area contributed by atoms with Crippen molar-refractivity contribution in [2.75, 3.05) is 0 Å². The third-order valence-corrected chi connectivity index (χ3v) is 2.46. The van der Waals surface area contributed by atoms with E-state index < -0.39 is 5.97 Å². The summed E-state index contributed by atoms with van der Waals surface area (Å²) in [6.45, 7) is 1.21. The second kappa shape index (κ2) is 5.56. The van der Waals surface area contributed by atoms with Crippen LogP contribution >= 0.6 is 0 Å². The molecular formula is C12H12NNaO4. The molecule has 1 aromatic heterocycles. The molecule has 2 aromatic rings. The fourth-order valence-electron chi connectivity index (χ4n) is 1.68. The van der Waals surface area contributed by atoms with Gasteiger partial charge in [-0.2, -0.15) is 0 Å². The Bertz CT molecular complexity index is 663. The van der Waals surface area contributed by atoms with E-state index in [1.54, 1.807) is 24.3 Å². The summed E-state index contributed by atoms with van der Waals surface area (Å²) < 4.78 is 5.95. The number of aromatic nitrogens is 1. The van der Waals surface area contributed by atoms with Gasteiger partial charge < -0.3 is 9.84 Å². The van der Waals surface area contributed by atoms with Gasteiger partial charge in [0.25, 0.3) is 5.56 Å². The molecule has 1 heterocycles. The van der Waals surface area contributed by atoms with E-state index in [1.807, 2.05) is 0 Å². The fraction of sp³-hybridized carbons (Fsp3) is 0.167. The van der Waals surface area contributed by atoms with Crippen LogP contribution in [0.4, 0.5) is 0 Å². The fourth-order valence-corrected chi connectivity index (χ4v) is 1.68. The predicted octanol–water partition coefficient (Wildman–Crippen LogP) is 0.521. The zero-order valence-electron chi connectivity index (χ0n) is 9.43. The molecule has 1 N–H and O–H groups in total. The number of hydrogen-bond acceptors (Lipinski definition) is 4. The summed E-state index contributed by atoms with van der Waals surface area (Å²) in [7, 11) is 1.44. The van der Waals surface area contributed by atoms with E-state index in [9.17, 15) is 14.7 Å². The van der Waals surface area contributed by atoms with Crippen LogP contribution in [0.15, 0.2) is 29.1 Å². The van der Waals surface area contributed by atoms with Crippen LogP contribution in [0.2, 0.25) is 0 Å². The van der Waals surface area contributed by atoms with Crippen LogP contribution in [0.5, 0.6) is 11.6 Å². The van der Waals surface area contributed by atoms with Crippen molar-refractivity contribution in [1.82, 2.24) is 4.57 Å². The Balaban J connectivity index is 0.00000162. The van der Waals surface area contributed by atoms with Gasteiger partial charge in [0.05, 0.1) is 5.39 Å². The average Bonchev–Trinajstić information content (AvgIpc) is 2.31. The van der Waals surface area contributed by atoms with Crippen LogP contribution in [0.1, 0.15) is 6.92 Å². The van der Waals surface area contributed by atoms with Gasteiger partial charge in [-0.25, -0.2) is 0 Å². The molecular weight excluding hydrogens is 245 g/mol. The number of aromatic hydroxyl groups is 1. The molecule has 0 amide bonds. The summed E-state index contributed by atoms with van der Waals surface area (Å²) in [5.41, 5.74) is -0.324. The van der Waals surface area contributed by atoms with Crippen molar-refractivity contribution in [2.45, 2.75) is 6.92 Å². The molecule has 0 unspecified atom stereocenters. The van der Waals surface area contributed by atoms with Gasteiger partial charge in [0.1, 0.15) is 0 Å². The molecule has 0 atom stereocenters. The van der Waals surface area contributed by atoms with Gasteiger partial charge in [0, 0.05) is 19.4 Å². The Morgan fingerprint density at radius 2 is 1.83 bits per heavy atom. The van der Waals surface area contributed by atoms with E-state index in [4.69, 9.17) is 4.74 Å². The number of benzene rings is 1. The van der Waals surface area contributed by atoms with Gasteiger partial charge in [-0.05, 0) is 6.07 Å². The van der Waals surface area contributed by atoms with Crippen LogP contribution in [-0.4, -0.2) is 45.2 Å². The van der Waals surface area contributed by atoms with E-state index in [-0.39, 0.29) is 46.7 Å². The molecule has 0 aliphatic heterocycles. The number of carbonyl (C=O) groups excluding carboxylic acids is 1. The number of rotatable bonds is 1. The van der Waals surface area contributed by atoms with Crippen LogP contribution in [0.3, 0.4) is 0 Å². The SMILES string of the molecule is CC(=O)Oc1c(O)c2ccccc2c(=O)n1C.[NaH]. The molecule has 0 aliphatic carbocycles. The van der Waals surface area contributed by atoms with Crippen LogP contribution in [-0.2, 0) is 11.8 Å². The number of hydrogen-bond donors (Lipinski definition) is 1. The van der Waals surface area contributed by atoms with Crippen molar-refractivity contribution in [3.8, 4) is 11.6 Å². The predicted molar refractivity (Wildman–Crippen MR) is 69.3 cm³/mol. The molecule has 0 saturated carbocycles. The molecule has 0 spiro atoms. The first-order valence-corrected chi connectivity index (χ1v) is 5.01. The summed E-state index contributed by atoms with van der Waals surface area (Å²) in [5, 5.41) is 10.7. The molecule has 2 rings (SSSR count). The number of fused-ring (bicyclic) bond motifs is 1. The molecule has 0 saturated heterocycles. The number of esters is 1. The molecule has 1 aromatic carbocycles. The second-order valence-electron chi connectivity index (χ2n) is 3.66. The maximum absolute atomic E-state index is 11.9. The zero-order chi connectivity index (χ0) is 12.6. The molecule has 0 radical (unpaired) electrons. The summed E-state index contributed by atoms with van der Waals surface area (Å²) in [6.07, 6.45) is 0. The summed E-state index contributed by atoms with van der Waals surface area (Å²) in [5.74, 6) is -0.940. The first-order valence-electron chi connectivity index (χ1n) is 5.01. The van der Waals surface area contributed by atoms with Crippen molar-refractivity contribution in [3.05, 3.63) is 34.6 Å². The van der Waals surface area contributed by atoms with Crippen LogP contribution < -0.4 is 10.3 Å². The maximum atomic E-state index is 11.9. The zero-order valence-corrected chi connectivity index (χ0v) is 9.43. The Morgan fingerprint density at radius 1 is 1.28 bits per heavy atom. The Kier molecular flexibility index (Phi) is 4.56. The second-order valence-corrected chi connectivity index (χ2v) is 3.66. The summed E-state index contributed by atoms with van der Waals surface area (Å²) in [4.78, 5) is 22.9. The molecule has 90 valence electrons.